The SMILES string of the molecule is COc1cc(NC(=O)c2ccccc2)c(OC)cc1NC(=O)C=Cc1ccccc1Cl. The molecular weight excluding hydrogens is 416 g/mol. The van der Waals surface area contributed by atoms with Crippen molar-refractivity contribution in [2.75, 3.05) is 24.9 Å². The van der Waals surface area contributed by atoms with Gasteiger partial charge in [-0.25, -0.2) is 0 Å². The summed E-state index contributed by atoms with van der Waals surface area (Å²) in [6, 6.07) is 19.2. The molecule has 7 heteroatoms. The van der Waals surface area contributed by atoms with Crippen LogP contribution < -0.4 is 20.1 Å². The standard InChI is InChI=1S/C24H21ClN2O4/c1-30-21-15-20(27-24(29)17-9-4-3-5-10-17)22(31-2)14-19(21)26-23(28)13-12-16-8-6-7-11-18(16)25/h3-15H,1-2H3,(H,26,28)(H,27,29). The first-order chi connectivity index (χ1) is 15.0. The predicted octanol–water partition coefficient (Wildman–Crippen LogP) is 5.26. The van der Waals surface area contributed by atoms with Crippen LogP contribution in [0.1, 0.15) is 15.9 Å². The Morgan fingerprint density at radius 1 is 0.839 bits per heavy atom. The summed E-state index contributed by atoms with van der Waals surface area (Å²) >= 11 is 6.10. The largest absolute Gasteiger partial charge is 0.494 e. The van der Waals surface area contributed by atoms with Crippen molar-refractivity contribution >= 4 is 40.9 Å². The molecule has 0 radical (unpaired) electrons. The van der Waals surface area contributed by atoms with Crippen molar-refractivity contribution in [3.05, 3.63) is 89.0 Å². The Morgan fingerprint density at radius 3 is 2.03 bits per heavy atom. The number of nitrogens with one attached hydrogen (secondary N) is 2. The molecule has 0 aliphatic carbocycles. The topological polar surface area (TPSA) is 76.7 Å². The number of halogens is 1. The summed E-state index contributed by atoms with van der Waals surface area (Å²) in [7, 11) is 2.95. The molecule has 3 rings (SSSR count). The van der Waals surface area contributed by atoms with Crippen molar-refractivity contribution in [1.82, 2.24) is 0 Å². The highest BCUT2D eigenvalue weighted by atomic mass is 35.5. The Bertz CT molecular complexity index is 1110. The van der Waals surface area contributed by atoms with Crippen molar-refractivity contribution in [3.8, 4) is 11.5 Å². The van der Waals surface area contributed by atoms with Crippen LogP contribution in [0.4, 0.5) is 11.4 Å². The minimum absolute atomic E-state index is 0.291. The summed E-state index contributed by atoms with van der Waals surface area (Å²) in [6.45, 7) is 0. The van der Waals surface area contributed by atoms with E-state index in [1.54, 1.807) is 54.6 Å². The zero-order valence-corrected chi connectivity index (χ0v) is 17.8. The van der Waals surface area contributed by atoms with E-state index in [4.69, 9.17) is 21.1 Å². The third-order valence-electron chi connectivity index (χ3n) is 4.38. The molecule has 0 aliphatic heterocycles. The van der Waals surface area contributed by atoms with E-state index in [1.807, 2.05) is 18.2 Å². The van der Waals surface area contributed by atoms with Crippen molar-refractivity contribution in [2.24, 2.45) is 0 Å². The molecule has 2 amide bonds. The third-order valence-corrected chi connectivity index (χ3v) is 4.73. The molecule has 31 heavy (non-hydrogen) atoms. The molecule has 0 aliphatic rings. The normalized spacial score (nSPS) is 10.5. The zero-order valence-electron chi connectivity index (χ0n) is 17.0. The van der Waals surface area contributed by atoms with E-state index < -0.39 is 0 Å². The van der Waals surface area contributed by atoms with Crippen LogP contribution >= 0.6 is 11.6 Å². The van der Waals surface area contributed by atoms with E-state index in [0.717, 1.165) is 5.56 Å². The van der Waals surface area contributed by atoms with Gasteiger partial charge >= 0.3 is 0 Å². The molecule has 0 spiro atoms. The van der Waals surface area contributed by atoms with Crippen LogP contribution in [0.15, 0.2) is 72.8 Å². The summed E-state index contributed by atoms with van der Waals surface area (Å²) in [5.74, 6) is 0.0703. The second-order valence-corrected chi connectivity index (χ2v) is 6.82. The van der Waals surface area contributed by atoms with Gasteiger partial charge < -0.3 is 20.1 Å². The molecule has 0 saturated carbocycles. The number of benzene rings is 3. The summed E-state index contributed by atoms with van der Waals surface area (Å²) in [5.41, 5.74) is 2.04. The minimum Gasteiger partial charge on any atom is -0.494 e. The van der Waals surface area contributed by atoms with Gasteiger partial charge in [0.25, 0.3) is 5.91 Å². The van der Waals surface area contributed by atoms with Gasteiger partial charge in [0.15, 0.2) is 0 Å². The average Bonchev–Trinajstić information content (AvgIpc) is 2.79. The first-order valence-corrected chi connectivity index (χ1v) is 9.75. The number of carbonyl (C=O) groups is 2. The highest BCUT2D eigenvalue weighted by Gasteiger charge is 2.15. The monoisotopic (exact) mass is 436 g/mol. The Morgan fingerprint density at radius 2 is 1.42 bits per heavy atom. The second-order valence-electron chi connectivity index (χ2n) is 6.42. The lowest BCUT2D eigenvalue weighted by Crippen LogP contribution is -2.14. The molecule has 0 saturated heterocycles. The lowest BCUT2D eigenvalue weighted by Gasteiger charge is -2.16. The molecule has 0 fully saturated rings. The van der Waals surface area contributed by atoms with Crippen molar-refractivity contribution < 1.29 is 19.1 Å². The molecule has 0 atom stereocenters. The van der Waals surface area contributed by atoms with Gasteiger partial charge in [0.2, 0.25) is 5.91 Å². The van der Waals surface area contributed by atoms with Crippen LogP contribution in [0.25, 0.3) is 6.08 Å². The predicted molar refractivity (Wildman–Crippen MR) is 123 cm³/mol. The van der Waals surface area contributed by atoms with Crippen molar-refractivity contribution in [1.29, 1.82) is 0 Å². The number of rotatable bonds is 7. The van der Waals surface area contributed by atoms with Crippen LogP contribution in [0, 0.1) is 0 Å². The van der Waals surface area contributed by atoms with E-state index in [9.17, 15) is 9.59 Å². The lowest BCUT2D eigenvalue weighted by molar-refractivity contribution is -0.111. The summed E-state index contributed by atoms with van der Waals surface area (Å²) in [4.78, 5) is 24.9. The van der Waals surface area contributed by atoms with Gasteiger partial charge in [0, 0.05) is 28.8 Å². The molecule has 0 aromatic heterocycles. The molecule has 3 aromatic rings. The molecule has 0 bridgehead atoms. The maximum Gasteiger partial charge on any atom is 0.255 e. The smallest absolute Gasteiger partial charge is 0.255 e. The van der Waals surface area contributed by atoms with E-state index in [2.05, 4.69) is 10.6 Å². The summed E-state index contributed by atoms with van der Waals surface area (Å²) in [5, 5.41) is 6.10. The quantitative estimate of drug-likeness (QED) is 0.495. The molecule has 6 nitrogen and oxygen atoms in total. The molecule has 0 heterocycles. The number of hydrogen-bond donors (Lipinski definition) is 2. The summed E-state index contributed by atoms with van der Waals surface area (Å²) in [6.07, 6.45) is 2.99. The van der Waals surface area contributed by atoms with Gasteiger partial charge in [-0.1, -0.05) is 48.0 Å². The number of anilines is 2. The van der Waals surface area contributed by atoms with Gasteiger partial charge in [0.1, 0.15) is 11.5 Å². The maximum atomic E-state index is 12.5. The van der Waals surface area contributed by atoms with E-state index >= 15 is 0 Å². The zero-order chi connectivity index (χ0) is 22.2. The van der Waals surface area contributed by atoms with Gasteiger partial charge in [0.05, 0.1) is 25.6 Å². The molecule has 158 valence electrons. The number of ether oxygens (including phenoxy) is 2. The van der Waals surface area contributed by atoms with Crippen LogP contribution in [0.3, 0.4) is 0 Å². The fourth-order valence-corrected chi connectivity index (χ4v) is 3.03. The van der Waals surface area contributed by atoms with Crippen molar-refractivity contribution in [2.45, 2.75) is 0 Å². The number of carbonyl (C=O) groups excluding carboxylic acids is 2. The maximum absolute atomic E-state index is 12.5. The van der Waals surface area contributed by atoms with Gasteiger partial charge in [-0.3, -0.25) is 9.59 Å². The minimum atomic E-state index is -0.374. The first-order valence-electron chi connectivity index (χ1n) is 9.38. The Hall–Kier alpha value is -3.77. The number of amides is 2. The average molecular weight is 437 g/mol. The van der Waals surface area contributed by atoms with Crippen molar-refractivity contribution in [3.63, 3.8) is 0 Å². The molecule has 2 N–H and O–H groups in total. The second kappa shape index (κ2) is 10.3. The van der Waals surface area contributed by atoms with E-state index in [0.29, 0.717) is 33.5 Å². The molecular formula is C24H21ClN2O4. The highest BCUT2D eigenvalue weighted by molar-refractivity contribution is 6.32. The Balaban J connectivity index is 1.80. The Labute approximate surface area is 185 Å². The van der Waals surface area contributed by atoms with Gasteiger partial charge in [-0.05, 0) is 29.8 Å². The molecule has 3 aromatic carbocycles. The van der Waals surface area contributed by atoms with Crippen LogP contribution in [-0.2, 0) is 4.79 Å². The lowest BCUT2D eigenvalue weighted by atomic mass is 10.2. The Kier molecular flexibility index (Phi) is 7.30. The van der Waals surface area contributed by atoms with Crippen LogP contribution in [-0.4, -0.2) is 26.0 Å². The van der Waals surface area contributed by atoms with Crippen LogP contribution in [0.5, 0.6) is 11.5 Å². The van der Waals surface area contributed by atoms with E-state index in [-0.39, 0.29) is 11.8 Å². The van der Waals surface area contributed by atoms with Crippen LogP contribution in [0.2, 0.25) is 5.02 Å². The highest BCUT2D eigenvalue weighted by Crippen LogP contribution is 2.36. The number of hydrogen-bond acceptors (Lipinski definition) is 4. The van der Waals surface area contributed by atoms with Gasteiger partial charge in [-0.15, -0.1) is 0 Å². The fourth-order valence-electron chi connectivity index (χ4n) is 2.83. The van der Waals surface area contributed by atoms with Gasteiger partial charge in [-0.2, -0.15) is 0 Å². The first kappa shape index (κ1) is 21.9. The molecule has 0 unspecified atom stereocenters. The third kappa shape index (κ3) is 5.65. The fraction of sp³-hybridized carbons (Fsp3) is 0.0833. The van der Waals surface area contributed by atoms with E-state index in [1.165, 1.54) is 20.3 Å². The summed E-state index contributed by atoms with van der Waals surface area (Å²) < 4.78 is 10.8. The number of methoxy groups -OCH3 is 2.